The van der Waals surface area contributed by atoms with Crippen LogP contribution in [0.1, 0.15) is 12.6 Å². The summed E-state index contributed by atoms with van der Waals surface area (Å²) in [5.41, 5.74) is -1.52. The van der Waals surface area contributed by atoms with E-state index >= 15 is 0 Å². The van der Waals surface area contributed by atoms with Crippen molar-refractivity contribution in [2.45, 2.75) is 11.9 Å². The summed E-state index contributed by atoms with van der Waals surface area (Å²) in [5, 5.41) is 0. The summed E-state index contributed by atoms with van der Waals surface area (Å²) in [4.78, 5) is 0. The molecule has 0 saturated carbocycles. The minimum Gasteiger partial charge on any atom is -1.00 e. The molecule has 0 aliphatic heterocycles. The van der Waals surface area contributed by atoms with Gasteiger partial charge in [0.05, 0.1) is 5.56 Å². The summed E-state index contributed by atoms with van der Waals surface area (Å²) in [5.74, 6) is -1.04. The van der Waals surface area contributed by atoms with Crippen molar-refractivity contribution >= 4 is 10.1 Å². The van der Waals surface area contributed by atoms with Crippen LogP contribution in [0.4, 0.5) is 13.2 Å². The van der Waals surface area contributed by atoms with E-state index in [0.29, 0.717) is 0 Å². The van der Waals surface area contributed by atoms with Crippen molar-refractivity contribution in [2.24, 2.45) is 0 Å². The van der Waals surface area contributed by atoms with Crippen LogP contribution in [0, 0.1) is 0 Å². The van der Waals surface area contributed by atoms with Gasteiger partial charge in [0.15, 0.2) is 0 Å². The Labute approximate surface area is 114 Å². The third kappa shape index (κ3) is 4.84. The summed E-state index contributed by atoms with van der Waals surface area (Å²) < 4.78 is 66.4. The molecule has 1 rings (SSSR count). The standard InChI is InChI=1S/C8H7F3O3S.Na.H/c9-8(10,11)7-4-2-1-3-6(7)5-15(12,13)14;;/h1-4H,5H2,(H,12,13,14);;/q;+1;-1. The molecule has 0 radical (unpaired) electrons. The second kappa shape index (κ2) is 5.50. The normalized spacial score (nSPS) is 12.0. The molecule has 1 aromatic rings. The molecular weight excluding hydrogens is 256 g/mol. The third-order valence-corrected chi connectivity index (χ3v) is 2.34. The van der Waals surface area contributed by atoms with E-state index < -0.39 is 33.2 Å². The Morgan fingerprint density at radius 3 is 2.19 bits per heavy atom. The van der Waals surface area contributed by atoms with Gasteiger partial charge in [-0.05, 0) is 11.6 Å². The van der Waals surface area contributed by atoms with Crippen molar-refractivity contribution in [1.82, 2.24) is 0 Å². The predicted molar refractivity (Wildman–Crippen MR) is 47.8 cm³/mol. The third-order valence-electron chi connectivity index (χ3n) is 1.66. The zero-order chi connectivity index (χ0) is 11.7. The van der Waals surface area contributed by atoms with E-state index in [0.717, 1.165) is 18.2 Å². The Balaban J connectivity index is 0. The van der Waals surface area contributed by atoms with Crippen LogP contribution in [0.3, 0.4) is 0 Å². The Morgan fingerprint density at radius 1 is 1.25 bits per heavy atom. The fourth-order valence-electron chi connectivity index (χ4n) is 1.12. The van der Waals surface area contributed by atoms with Crippen LogP contribution in [0.25, 0.3) is 0 Å². The topological polar surface area (TPSA) is 54.4 Å². The first kappa shape index (κ1) is 15.9. The van der Waals surface area contributed by atoms with E-state index in [1.165, 1.54) is 6.07 Å². The molecule has 0 aromatic heterocycles. The van der Waals surface area contributed by atoms with E-state index in [4.69, 9.17) is 4.55 Å². The van der Waals surface area contributed by atoms with Crippen LogP contribution in [-0.4, -0.2) is 13.0 Å². The molecule has 0 heterocycles. The molecule has 1 aromatic carbocycles. The zero-order valence-electron chi connectivity index (χ0n) is 9.32. The molecule has 3 nitrogen and oxygen atoms in total. The van der Waals surface area contributed by atoms with Crippen molar-refractivity contribution < 1.29 is 57.1 Å². The van der Waals surface area contributed by atoms with Gasteiger partial charge in [-0.15, -0.1) is 0 Å². The molecule has 0 bridgehead atoms. The molecule has 8 heteroatoms. The number of rotatable bonds is 2. The molecular formula is C8H8F3NaO3S. The summed E-state index contributed by atoms with van der Waals surface area (Å²) >= 11 is 0. The molecule has 16 heavy (non-hydrogen) atoms. The molecule has 86 valence electrons. The van der Waals surface area contributed by atoms with Gasteiger partial charge in [-0.3, -0.25) is 4.55 Å². The number of halogens is 3. The predicted octanol–water partition coefficient (Wildman–Crippen LogP) is -0.790. The van der Waals surface area contributed by atoms with Crippen molar-refractivity contribution in [2.75, 3.05) is 0 Å². The van der Waals surface area contributed by atoms with E-state index in [-0.39, 0.29) is 31.0 Å². The number of hydrogen-bond acceptors (Lipinski definition) is 2. The summed E-state index contributed by atoms with van der Waals surface area (Å²) in [7, 11) is -4.46. The van der Waals surface area contributed by atoms with Gasteiger partial charge in [0, 0.05) is 0 Å². The Bertz CT molecular complexity index is 461. The molecule has 0 atom stereocenters. The first-order valence-corrected chi connectivity index (χ1v) is 5.41. The van der Waals surface area contributed by atoms with Gasteiger partial charge in [0.2, 0.25) is 0 Å². The van der Waals surface area contributed by atoms with Gasteiger partial charge in [-0.2, -0.15) is 21.6 Å². The van der Waals surface area contributed by atoms with E-state index in [2.05, 4.69) is 0 Å². The van der Waals surface area contributed by atoms with Crippen LogP contribution >= 0.6 is 0 Å². The Kier molecular flexibility index (Phi) is 5.48. The van der Waals surface area contributed by atoms with Gasteiger partial charge in [-0.1, -0.05) is 18.2 Å². The quantitative estimate of drug-likeness (QED) is 0.562. The van der Waals surface area contributed by atoms with Gasteiger partial charge in [0.25, 0.3) is 10.1 Å². The molecule has 0 unspecified atom stereocenters. The number of benzene rings is 1. The maximum atomic E-state index is 12.3. The van der Waals surface area contributed by atoms with E-state index in [1.807, 2.05) is 0 Å². The molecule has 0 aliphatic rings. The first-order chi connectivity index (χ1) is 6.70. The maximum absolute atomic E-state index is 12.3. The van der Waals surface area contributed by atoms with Crippen LogP contribution in [0.5, 0.6) is 0 Å². The zero-order valence-corrected chi connectivity index (χ0v) is 11.1. The first-order valence-electron chi connectivity index (χ1n) is 3.80. The van der Waals surface area contributed by atoms with Gasteiger partial charge < -0.3 is 1.43 Å². The van der Waals surface area contributed by atoms with Crippen LogP contribution in [-0.2, 0) is 22.0 Å². The molecule has 0 fully saturated rings. The van der Waals surface area contributed by atoms with Crippen molar-refractivity contribution in [3.63, 3.8) is 0 Å². The SMILES string of the molecule is O=S(=O)(O)Cc1ccccc1C(F)(F)F.[H-].[Na+]. The van der Waals surface area contributed by atoms with Crippen molar-refractivity contribution in [1.29, 1.82) is 0 Å². The molecule has 0 saturated heterocycles. The molecule has 0 amide bonds. The largest absolute Gasteiger partial charge is 1.00 e. The smallest absolute Gasteiger partial charge is 1.00 e. The molecule has 0 spiro atoms. The van der Waals surface area contributed by atoms with E-state index in [9.17, 15) is 21.6 Å². The monoisotopic (exact) mass is 264 g/mol. The average Bonchev–Trinajstić information content (AvgIpc) is 1.99. The molecule has 1 N–H and O–H groups in total. The van der Waals surface area contributed by atoms with Gasteiger partial charge in [-0.25, -0.2) is 0 Å². The fourth-order valence-corrected chi connectivity index (χ4v) is 1.76. The van der Waals surface area contributed by atoms with E-state index in [1.54, 1.807) is 0 Å². The Morgan fingerprint density at radius 2 is 1.75 bits per heavy atom. The van der Waals surface area contributed by atoms with Crippen molar-refractivity contribution in [3.05, 3.63) is 35.4 Å². The second-order valence-corrected chi connectivity index (χ2v) is 4.33. The molecule has 0 aliphatic carbocycles. The maximum Gasteiger partial charge on any atom is 1.00 e. The fraction of sp³-hybridized carbons (Fsp3) is 0.250. The van der Waals surface area contributed by atoms with Crippen LogP contribution in [0.15, 0.2) is 24.3 Å². The Hall–Kier alpha value is -0.0800. The van der Waals surface area contributed by atoms with Gasteiger partial charge in [0.1, 0.15) is 5.75 Å². The van der Waals surface area contributed by atoms with Crippen LogP contribution < -0.4 is 29.6 Å². The summed E-state index contributed by atoms with van der Waals surface area (Å²) in [6, 6.07) is 4.20. The van der Waals surface area contributed by atoms with Crippen molar-refractivity contribution in [3.8, 4) is 0 Å². The summed E-state index contributed by atoms with van der Waals surface area (Å²) in [6.07, 6.45) is -4.62. The second-order valence-electron chi connectivity index (χ2n) is 2.88. The number of alkyl halides is 3. The minimum atomic E-state index is -4.62. The average molecular weight is 264 g/mol. The minimum absolute atomic E-state index is 0. The van der Waals surface area contributed by atoms with Crippen LogP contribution in [0.2, 0.25) is 0 Å². The van der Waals surface area contributed by atoms with Gasteiger partial charge >= 0.3 is 35.7 Å². The number of hydrogen-bond donors (Lipinski definition) is 1. The summed E-state index contributed by atoms with van der Waals surface area (Å²) in [6.45, 7) is 0.